The largest absolute Gasteiger partial charge is 0.481 e. The fourth-order valence-corrected chi connectivity index (χ4v) is 2.25. The van der Waals surface area contributed by atoms with Crippen LogP contribution in [0.5, 0.6) is 0 Å². The first-order valence-corrected chi connectivity index (χ1v) is 6.68. The third-order valence-corrected chi connectivity index (χ3v) is 3.50. The van der Waals surface area contributed by atoms with Gasteiger partial charge in [-0.3, -0.25) is 4.79 Å². The SMILES string of the molecule is CC(CN(C)C(=O)N(C)CC1CCOCC1)C(=O)O. The number of carbonyl (C=O) groups excluding carboxylic acids is 1. The Morgan fingerprint density at radius 1 is 1.26 bits per heavy atom. The molecule has 1 rings (SSSR count). The zero-order valence-electron chi connectivity index (χ0n) is 12.0. The number of amides is 2. The highest BCUT2D eigenvalue weighted by atomic mass is 16.5. The average Bonchev–Trinajstić information content (AvgIpc) is 2.38. The van der Waals surface area contributed by atoms with Crippen LogP contribution in [0.3, 0.4) is 0 Å². The van der Waals surface area contributed by atoms with Gasteiger partial charge in [-0.05, 0) is 18.8 Å². The van der Waals surface area contributed by atoms with Gasteiger partial charge in [-0.15, -0.1) is 0 Å². The first kappa shape index (κ1) is 15.8. The van der Waals surface area contributed by atoms with E-state index in [1.165, 1.54) is 4.90 Å². The summed E-state index contributed by atoms with van der Waals surface area (Å²) in [5, 5.41) is 8.85. The molecule has 19 heavy (non-hydrogen) atoms. The van der Waals surface area contributed by atoms with E-state index in [1.807, 2.05) is 0 Å². The van der Waals surface area contributed by atoms with Crippen LogP contribution in [0.15, 0.2) is 0 Å². The molecule has 1 saturated heterocycles. The van der Waals surface area contributed by atoms with Crippen LogP contribution in [0.4, 0.5) is 4.79 Å². The van der Waals surface area contributed by atoms with Crippen LogP contribution in [0.25, 0.3) is 0 Å². The van der Waals surface area contributed by atoms with Crippen molar-refractivity contribution in [2.45, 2.75) is 19.8 Å². The van der Waals surface area contributed by atoms with Crippen molar-refractivity contribution >= 4 is 12.0 Å². The first-order chi connectivity index (χ1) is 8.91. The maximum atomic E-state index is 12.1. The van der Waals surface area contributed by atoms with Gasteiger partial charge in [0.1, 0.15) is 0 Å². The molecule has 110 valence electrons. The van der Waals surface area contributed by atoms with Crippen molar-refractivity contribution in [2.24, 2.45) is 11.8 Å². The third-order valence-electron chi connectivity index (χ3n) is 3.50. The second-order valence-electron chi connectivity index (χ2n) is 5.34. The lowest BCUT2D eigenvalue weighted by Gasteiger charge is -2.30. The van der Waals surface area contributed by atoms with Crippen LogP contribution >= 0.6 is 0 Å². The Balaban J connectivity index is 2.39. The van der Waals surface area contributed by atoms with Crippen molar-refractivity contribution in [3.63, 3.8) is 0 Å². The maximum Gasteiger partial charge on any atom is 0.319 e. The zero-order chi connectivity index (χ0) is 14.4. The molecule has 1 heterocycles. The summed E-state index contributed by atoms with van der Waals surface area (Å²) in [6.45, 7) is 4.06. The monoisotopic (exact) mass is 272 g/mol. The molecule has 1 aliphatic heterocycles. The second-order valence-corrected chi connectivity index (χ2v) is 5.34. The lowest BCUT2D eigenvalue weighted by Crippen LogP contribution is -2.44. The molecule has 0 bridgehead atoms. The van der Waals surface area contributed by atoms with Crippen LogP contribution in [0, 0.1) is 11.8 Å². The standard InChI is InChI=1S/C13H24N2O4/c1-10(12(16)17)8-14(2)13(18)15(3)9-11-4-6-19-7-5-11/h10-11H,4-9H2,1-3H3,(H,16,17). The fourth-order valence-electron chi connectivity index (χ4n) is 2.25. The van der Waals surface area contributed by atoms with Crippen molar-refractivity contribution in [3.05, 3.63) is 0 Å². The molecule has 0 radical (unpaired) electrons. The highest BCUT2D eigenvalue weighted by Crippen LogP contribution is 2.16. The topological polar surface area (TPSA) is 70.1 Å². The molecular weight excluding hydrogens is 248 g/mol. The van der Waals surface area contributed by atoms with Crippen molar-refractivity contribution in [1.29, 1.82) is 0 Å². The molecule has 0 spiro atoms. The van der Waals surface area contributed by atoms with Crippen LogP contribution in [-0.4, -0.2) is 67.3 Å². The summed E-state index contributed by atoms with van der Waals surface area (Å²) in [7, 11) is 3.40. The minimum Gasteiger partial charge on any atom is -0.481 e. The summed E-state index contributed by atoms with van der Waals surface area (Å²) < 4.78 is 5.29. The number of carbonyl (C=O) groups is 2. The molecule has 0 saturated carbocycles. The van der Waals surface area contributed by atoms with Crippen LogP contribution in [-0.2, 0) is 9.53 Å². The number of hydrogen-bond donors (Lipinski definition) is 1. The molecule has 1 unspecified atom stereocenters. The number of carboxylic acid groups (broad SMARTS) is 1. The van der Waals surface area contributed by atoms with Gasteiger partial charge in [-0.25, -0.2) is 4.79 Å². The predicted molar refractivity (Wildman–Crippen MR) is 71.0 cm³/mol. The number of nitrogens with zero attached hydrogens (tertiary/aromatic N) is 2. The Labute approximate surface area is 114 Å². The molecular formula is C13H24N2O4. The molecule has 0 aromatic carbocycles. The van der Waals surface area contributed by atoms with E-state index in [-0.39, 0.29) is 12.6 Å². The molecule has 2 amide bonds. The normalized spacial score (nSPS) is 17.8. The predicted octanol–water partition coefficient (Wildman–Crippen LogP) is 1.12. The van der Waals surface area contributed by atoms with Gasteiger partial charge >= 0.3 is 12.0 Å². The van der Waals surface area contributed by atoms with Gasteiger partial charge in [0.25, 0.3) is 0 Å². The van der Waals surface area contributed by atoms with E-state index >= 15 is 0 Å². The summed E-state index contributed by atoms with van der Waals surface area (Å²) in [6, 6.07) is -0.125. The quantitative estimate of drug-likeness (QED) is 0.814. The number of aliphatic carboxylic acids is 1. The van der Waals surface area contributed by atoms with Gasteiger partial charge in [-0.2, -0.15) is 0 Å². The van der Waals surface area contributed by atoms with E-state index in [9.17, 15) is 9.59 Å². The van der Waals surface area contributed by atoms with Gasteiger partial charge in [0.15, 0.2) is 0 Å². The van der Waals surface area contributed by atoms with Crippen LogP contribution in [0.1, 0.15) is 19.8 Å². The summed E-state index contributed by atoms with van der Waals surface area (Å²) >= 11 is 0. The van der Waals surface area contributed by atoms with E-state index < -0.39 is 11.9 Å². The van der Waals surface area contributed by atoms with E-state index in [4.69, 9.17) is 9.84 Å². The minimum absolute atomic E-state index is 0.125. The van der Waals surface area contributed by atoms with Gasteiger partial charge in [-0.1, -0.05) is 6.92 Å². The number of rotatable bonds is 5. The molecule has 6 nitrogen and oxygen atoms in total. The highest BCUT2D eigenvalue weighted by Gasteiger charge is 2.23. The van der Waals surface area contributed by atoms with Gasteiger partial charge < -0.3 is 19.6 Å². The Hall–Kier alpha value is -1.30. The number of urea groups is 1. The van der Waals surface area contributed by atoms with Crippen LogP contribution < -0.4 is 0 Å². The van der Waals surface area contributed by atoms with Gasteiger partial charge in [0.05, 0.1) is 5.92 Å². The number of carboxylic acids is 1. The van der Waals surface area contributed by atoms with Crippen molar-refractivity contribution < 1.29 is 19.4 Å². The van der Waals surface area contributed by atoms with Crippen molar-refractivity contribution in [3.8, 4) is 0 Å². The fraction of sp³-hybridized carbons (Fsp3) is 0.846. The lowest BCUT2D eigenvalue weighted by atomic mass is 10.00. The molecule has 0 aromatic rings. The average molecular weight is 272 g/mol. The van der Waals surface area contributed by atoms with Gasteiger partial charge in [0.2, 0.25) is 0 Å². The van der Waals surface area contributed by atoms with Gasteiger partial charge in [0, 0.05) is 40.4 Å². The maximum absolute atomic E-state index is 12.1. The van der Waals surface area contributed by atoms with E-state index in [0.29, 0.717) is 12.5 Å². The molecule has 1 fully saturated rings. The molecule has 0 aromatic heterocycles. The third kappa shape index (κ3) is 5.06. The Morgan fingerprint density at radius 2 is 1.84 bits per heavy atom. The summed E-state index contributed by atoms with van der Waals surface area (Å²) in [4.78, 5) is 26.0. The molecule has 0 aliphatic carbocycles. The van der Waals surface area contributed by atoms with Crippen molar-refractivity contribution in [1.82, 2.24) is 9.80 Å². The molecule has 1 aliphatic rings. The summed E-state index contributed by atoms with van der Waals surface area (Å²) in [5.74, 6) is -0.954. The molecule has 1 atom stereocenters. The number of hydrogen-bond acceptors (Lipinski definition) is 3. The Kier molecular flexibility index (Phi) is 6.08. The van der Waals surface area contributed by atoms with Crippen LogP contribution in [0.2, 0.25) is 0 Å². The smallest absolute Gasteiger partial charge is 0.319 e. The molecule has 1 N–H and O–H groups in total. The van der Waals surface area contributed by atoms with Crippen molar-refractivity contribution in [2.75, 3.05) is 40.4 Å². The van der Waals surface area contributed by atoms with E-state index in [2.05, 4.69) is 0 Å². The summed E-state index contributed by atoms with van der Waals surface area (Å²) in [5.41, 5.74) is 0. The highest BCUT2D eigenvalue weighted by molar-refractivity contribution is 5.75. The van der Waals surface area contributed by atoms with E-state index in [1.54, 1.807) is 25.9 Å². The Bertz CT molecular complexity index is 316. The lowest BCUT2D eigenvalue weighted by molar-refractivity contribution is -0.141. The second kappa shape index (κ2) is 7.33. The Morgan fingerprint density at radius 3 is 2.37 bits per heavy atom. The van der Waals surface area contributed by atoms with E-state index in [0.717, 1.165) is 26.1 Å². The first-order valence-electron chi connectivity index (χ1n) is 6.68. The summed E-state index contributed by atoms with van der Waals surface area (Å²) in [6.07, 6.45) is 1.96. The number of ether oxygens (including phenoxy) is 1. The zero-order valence-corrected chi connectivity index (χ0v) is 12.0. The minimum atomic E-state index is -0.883. The molecule has 6 heteroatoms.